The SMILES string of the molecule is CCOC(=O)c1csc(NC(=O)c2cc(S(=O)(=O)N3CCCCC3C)ccc2C)n1. The molecule has 1 fully saturated rings. The molecule has 1 N–H and O–H groups in total. The molecule has 1 saturated heterocycles. The lowest BCUT2D eigenvalue weighted by Gasteiger charge is -2.32. The number of anilines is 1. The van der Waals surface area contributed by atoms with E-state index in [0.29, 0.717) is 12.1 Å². The molecule has 0 saturated carbocycles. The number of sulfonamides is 1. The van der Waals surface area contributed by atoms with Crippen molar-refractivity contribution in [1.82, 2.24) is 9.29 Å². The zero-order valence-electron chi connectivity index (χ0n) is 17.2. The number of hydrogen-bond acceptors (Lipinski definition) is 7. The summed E-state index contributed by atoms with van der Waals surface area (Å²) in [5.74, 6) is -1.05. The maximum absolute atomic E-state index is 13.1. The van der Waals surface area contributed by atoms with Crippen LogP contribution in [0.25, 0.3) is 0 Å². The summed E-state index contributed by atoms with van der Waals surface area (Å²) in [7, 11) is -3.69. The first-order valence-electron chi connectivity index (χ1n) is 9.80. The predicted molar refractivity (Wildman–Crippen MR) is 114 cm³/mol. The Morgan fingerprint density at radius 3 is 2.80 bits per heavy atom. The van der Waals surface area contributed by atoms with E-state index in [4.69, 9.17) is 4.74 Å². The quantitative estimate of drug-likeness (QED) is 0.675. The van der Waals surface area contributed by atoms with Crippen LogP contribution in [0, 0.1) is 6.92 Å². The lowest BCUT2D eigenvalue weighted by Crippen LogP contribution is -2.42. The predicted octanol–water partition coefficient (Wildman–Crippen LogP) is 3.44. The summed E-state index contributed by atoms with van der Waals surface area (Å²) in [5, 5.41) is 4.37. The Hall–Kier alpha value is -2.30. The number of thiazole rings is 1. The highest BCUT2D eigenvalue weighted by Gasteiger charge is 2.31. The van der Waals surface area contributed by atoms with Gasteiger partial charge in [0.25, 0.3) is 5.91 Å². The fourth-order valence-corrected chi connectivity index (χ4v) is 5.77. The number of aryl methyl sites for hydroxylation is 1. The van der Waals surface area contributed by atoms with Crippen LogP contribution in [-0.2, 0) is 14.8 Å². The molecule has 0 aliphatic carbocycles. The van der Waals surface area contributed by atoms with E-state index in [0.717, 1.165) is 30.6 Å². The molecule has 10 heteroatoms. The van der Waals surface area contributed by atoms with Gasteiger partial charge >= 0.3 is 5.97 Å². The monoisotopic (exact) mass is 451 g/mol. The molecule has 2 aromatic rings. The maximum Gasteiger partial charge on any atom is 0.357 e. The lowest BCUT2D eigenvalue weighted by atomic mass is 10.1. The first-order valence-corrected chi connectivity index (χ1v) is 12.1. The molecule has 1 amide bonds. The normalized spacial score (nSPS) is 17.5. The van der Waals surface area contributed by atoms with E-state index in [1.54, 1.807) is 19.9 Å². The summed E-state index contributed by atoms with van der Waals surface area (Å²) in [6.45, 7) is 6.05. The van der Waals surface area contributed by atoms with Crippen LogP contribution in [0.1, 0.15) is 59.5 Å². The van der Waals surface area contributed by atoms with Gasteiger partial charge < -0.3 is 4.74 Å². The van der Waals surface area contributed by atoms with Gasteiger partial charge in [-0.1, -0.05) is 12.5 Å². The van der Waals surface area contributed by atoms with Crippen molar-refractivity contribution < 1.29 is 22.7 Å². The Morgan fingerprint density at radius 1 is 1.33 bits per heavy atom. The first-order chi connectivity index (χ1) is 14.2. The second-order valence-corrected chi connectivity index (χ2v) is 9.90. The highest BCUT2D eigenvalue weighted by molar-refractivity contribution is 7.89. The van der Waals surface area contributed by atoms with Crippen LogP contribution in [0.15, 0.2) is 28.5 Å². The number of hydrogen-bond donors (Lipinski definition) is 1. The van der Waals surface area contributed by atoms with E-state index in [-0.39, 0.29) is 33.9 Å². The number of aromatic nitrogens is 1. The molecule has 0 bridgehead atoms. The molecule has 1 atom stereocenters. The zero-order valence-corrected chi connectivity index (χ0v) is 18.8. The van der Waals surface area contributed by atoms with Crippen LogP contribution in [-0.4, -0.2) is 48.8 Å². The summed E-state index contributed by atoms with van der Waals surface area (Å²) < 4.78 is 32.6. The van der Waals surface area contributed by atoms with Gasteiger partial charge in [-0.2, -0.15) is 4.31 Å². The van der Waals surface area contributed by atoms with Crippen LogP contribution in [0.4, 0.5) is 5.13 Å². The Bertz CT molecular complexity index is 1050. The van der Waals surface area contributed by atoms with E-state index >= 15 is 0 Å². The van der Waals surface area contributed by atoms with Crippen LogP contribution in [0.2, 0.25) is 0 Å². The summed E-state index contributed by atoms with van der Waals surface area (Å²) in [6, 6.07) is 4.49. The van der Waals surface area contributed by atoms with Crippen molar-refractivity contribution in [2.45, 2.75) is 51.0 Å². The molecule has 3 rings (SSSR count). The average molecular weight is 452 g/mol. The molecule has 1 aliphatic heterocycles. The number of amides is 1. The number of carbonyl (C=O) groups is 2. The Morgan fingerprint density at radius 2 is 2.10 bits per heavy atom. The summed E-state index contributed by atoms with van der Waals surface area (Å²) in [4.78, 5) is 28.7. The molecule has 1 unspecified atom stereocenters. The minimum absolute atomic E-state index is 0.0704. The van der Waals surface area contributed by atoms with Gasteiger partial charge in [0.05, 0.1) is 11.5 Å². The van der Waals surface area contributed by atoms with Gasteiger partial charge in [-0.15, -0.1) is 11.3 Å². The van der Waals surface area contributed by atoms with Crippen molar-refractivity contribution in [1.29, 1.82) is 0 Å². The Balaban J connectivity index is 1.83. The number of nitrogens with zero attached hydrogens (tertiary/aromatic N) is 2. The number of rotatable bonds is 6. The number of ether oxygens (including phenoxy) is 1. The molecule has 8 nitrogen and oxygen atoms in total. The fourth-order valence-electron chi connectivity index (χ4n) is 3.36. The van der Waals surface area contributed by atoms with Crippen molar-refractivity contribution in [3.05, 3.63) is 40.4 Å². The average Bonchev–Trinajstić information content (AvgIpc) is 3.17. The van der Waals surface area contributed by atoms with Crippen molar-refractivity contribution in [3.8, 4) is 0 Å². The molecule has 1 aliphatic rings. The van der Waals surface area contributed by atoms with Gasteiger partial charge in [-0.25, -0.2) is 18.2 Å². The molecule has 2 heterocycles. The maximum atomic E-state index is 13.1. The third kappa shape index (κ3) is 4.71. The molecular weight excluding hydrogens is 426 g/mol. The molecule has 1 aromatic carbocycles. The molecule has 162 valence electrons. The lowest BCUT2D eigenvalue weighted by molar-refractivity contribution is 0.0520. The van der Waals surface area contributed by atoms with Crippen LogP contribution in [0.3, 0.4) is 0 Å². The van der Waals surface area contributed by atoms with E-state index < -0.39 is 21.9 Å². The van der Waals surface area contributed by atoms with E-state index in [1.807, 2.05) is 6.92 Å². The van der Waals surface area contributed by atoms with E-state index in [1.165, 1.54) is 21.8 Å². The summed E-state index contributed by atoms with van der Waals surface area (Å²) in [6.07, 6.45) is 2.66. The topological polar surface area (TPSA) is 106 Å². The van der Waals surface area contributed by atoms with Gasteiger partial charge in [0, 0.05) is 23.5 Å². The molecule has 30 heavy (non-hydrogen) atoms. The van der Waals surface area contributed by atoms with Crippen LogP contribution < -0.4 is 5.32 Å². The minimum Gasteiger partial charge on any atom is -0.461 e. The molecular formula is C20H25N3O5S2. The van der Waals surface area contributed by atoms with Gasteiger partial charge in [0.1, 0.15) is 0 Å². The third-order valence-corrected chi connectivity index (χ3v) is 7.78. The van der Waals surface area contributed by atoms with Crippen molar-refractivity contribution in [2.24, 2.45) is 0 Å². The van der Waals surface area contributed by atoms with Gasteiger partial charge in [0.15, 0.2) is 10.8 Å². The third-order valence-electron chi connectivity index (χ3n) is 5.01. The summed E-state index contributed by atoms with van der Waals surface area (Å²) >= 11 is 1.09. The molecule has 1 aromatic heterocycles. The van der Waals surface area contributed by atoms with Crippen LogP contribution >= 0.6 is 11.3 Å². The second-order valence-electron chi connectivity index (χ2n) is 7.15. The van der Waals surface area contributed by atoms with Gasteiger partial charge in [-0.05, 0) is 51.3 Å². The largest absolute Gasteiger partial charge is 0.461 e. The van der Waals surface area contributed by atoms with Crippen LogP contribution in [0.5, 0.6) is 0 Å². The fraction of sp³-hybridized carbons (Fsp3) is 0.450. The van der Waals surface area contributed by atoms with Crippen molar-refractivity contribution >= 4 is 38.4 Å². The highest BCUT2D eigenvalue weighted by atomic mass is 32.2. The number of carbonyl (C=O) groups excluding carboxylic acids is 2. The minimum atomic E-state index is -3.69. The van der Waals surface area contributed by atoms with Crippen molar-refractivity contribution in [3.63, 3.8) is 0 Å². The Kier molecular flexibility index (Phi) is 6.89. The highest BCUT2D eigenvalue weighted by Crippen LogP contribution is 2.27. The van der Waals surface area contributed by atoms with E-state index in [2.05, 4.69) is 10.3 Å². The molecule has 0 radical (unpaired) electrons. The number of esters is 1. The Labute approximate surface area is 180 Å². The van der Waals surface area contributed by atoms with Gasteiger partial charge in [-0.3, -0.25) is 10.1 Å². The zero-order chi connectivity index (χ0) is 21.9. The first kappa shape index (κ1) is 22.4. The van der Waals surface area contributed by atoms with Gasteiger partial charge in [0.2, 0.25) is 10.0 Å². The second kappa shape index (κ2) is 9.23. The van der Waals surface area contributed by atoms with Crippen molar-refractivity contribution in [2.75, 3.05) is 18.5 Å². The number of nitrogens with one attached hydrogen (secondary N) is 1. The molecule has 0 spiro atoms. The summed E-state index contributed by atoms with van der Waals surface area (Å²) in [5.41, 5.74) is 0.998. The smallest absolute Gasteiger partial charge is 0.357 e. The number of benzene rings is 1. The van der Waals surface area contributed by atoms with E-state index in [9.17, 15) is 18.0 Å². The number of piperidine rings is 1. The standard InChI is InChI=1S/C20H25N3O5S2/c1-4-28-19(25)17-12-29-20(21-17)22-18(24)16-11-15(9-8-13(16)2)30(26,27)23-10-6-5-7-14(23)3/h8-9,11-12,14H,4-7,10H2,1-3H3,(H,21,22,24).